The van der Waals surface area contributed by atoms with Gasteiger partial charge in [-0.3, -0.25) is 4.79 Å². The van der Waals surface area contributed by atoms with Crippen molar-refractivity contribution in [1.82, 2.24) is 4.90 Å². The van der Waals surface area contributed by atoms with Gasteiger partial charge in [-0.05, 0) is 12.8 Å². The second kappa shape index (κ2) is 4.84. The van der Waals surface area contributed by atoms with Crippen LogP contribution in [0.25, 0.3) is 0 Å². The van der Waals surface area contributed by atoms with E-state index in [0.717, 1.165) is 12.8 Å². The predicted molar refractivity (Wildman–Crippen MR) is 58.7 cm³/mol. The summed E-state index contributed by atoms with van der Waals surface area (Å²) < 4.78 is 25.2. The summed E-state index contributed by atoms with van der Waals surface area (Å²) in [6.07, 6.45) is 1.29. The number of likely N-dealkylation sites (tertiary alicyclic amines) is 1. The Morgan fingerprint density at radius 3 is 2.56 bits per heavy atom. The summed E-state index contributed by atoms with van der Waals surface area (Å²) in [5.74, 6) is -3.20. The maximum atomic E-state index is 12.6. The van der Waals surface area contributed by atoms with Gasteiger partial charge < -0.3 is 10.6 Å². The molecule has 1 amide bonds. The minimum absolute atomic E-state index is 0. The quantitative estimate of drug-likeness (QED) is 0.810. The number of carbonyl (C=O) groups excluding carboxylic acids is 1. The van der Waals surface area contributed by atoms with Gasteiger partial charge in [0.1, 0.15) is 0 Å². The van der Waals surface area contributed by atoms with E-state index in [1.807, 2.05) is 0 Å². The summed E-state index contributed by atoms with van der Waals surface area (Å²) in [5.41, 5.74) is 5.53. The van der Waals surface area contributed by atoms with Crippen molar-refractivity contribution in [2.45, 2.75) is 37.6 Å². The van der Waals surface area contributed by atoms with Crippen LogP contribution < -0.4 is 5.73 Å². The van der Waals surface area contributed by atoms with E-state index in [-0.39, 0.29) is 37.2 Å². The molecule has 94 valence electrons. The molecule has 0 aromatic heterocycles. The van der Waals surface area contributed by atoms with E-state index in [9.17, 15) is 13.6 Å². The van der Waals surface area contributed by atoms with E-state index in [1.54, 1.807) is 4.90 Å². The van der Waals surface area contributed by atoms with Crippen LogP contribution in [0.1, 0.15) is 25.7 Å². The number of halogens is 3. The van der Waals surface area contributed by atoms with Gasteiger partial charge in [0.2, 0.25) is 11.8 Å². The molecule has 0 spiro atoms. The molecule has 1 aliphatic carbocycles. The van der Waals surface area contributed by atoms with E-state index in [2.05, 4.69) is 0 Å². The van der Waals surface area contributed by atoms with Crippen LogP contribution in [0, 0.1) is 5.92 Å². The Morgan fingerprint density at radius 2 is 2.06 bits per heavy atom. The molecule has 2 rings (SSSR count). The third kappa shape index (κ3) is 2.46. The van der Waals surface area contributed by atoms with Crippen LogP contribution in [0.15, 0.2) is 0 Å². The molecule has 1 saturated heterocycles. The van der Waals surface area contributed by atoms with Gasteiger partial charge in [-0.1, -0.05) is 0 Å². The maximum Gasteiger partial charge on any atom is 0.249 e. The van der Waals surface area contributed by atoms with Crippen molar-refractivity contribution in [2.75, 3.05) is 13.1 Å². The van der Waals surface area contributed by atoms with Crippen molar-refractivity contribution in [3.05, 3.63) is 0 Å². The van der Waals surface area contributed by atoms with Gasteiger partial charge in [0.15, 0.2) is 0 Å². The monoisotopic (exact) mass is 254 g/mol. The average Bonchev–Trinajstić information content (AvgIpc) is 2.60. The first-order chi connectivity index (χ1) is 7.03. The first-order valence-corrected chi connectivity index (χ1v) is 5.42. The van der Waals surface area contributed by atoms with Crippen molar-refractivity contribution < 1.29 is 13.6 Å². The number of hydrogen-bond donors (Lipinski definition) is 1. The van der Waals surface area contributed by atoms with Crippen LogP contribution in [-0.2, 0) is 4.79 Å². The Labute approximate surface area is 99.8 Å². The van der Waals surface area contributed by atoms with Gasteiger partial charge in [0, 0.05) is 37.9 Å². The number of amides is 1. The van der Waals surface area contributed by atoms with Gasteiger partial charge in [-0.25, -0.2) is 8.78 Å². The second-order valence-electron chi connectivity index (χ2n) is 4.52. The maximum absolute atomic E-state index is 12.6. The van der Waals surface area contributed by atoms with Crippen molar-refractivity contribution in [1.29, 1.82) is 0 Å². The fourth-order valence-electron chi connectivity index (χ4n) is 2.44. The van der Waals surface area contributed by atoms with Gasteiger partial charge in [0.25, 0.3) is 0 Å². The molecule has 0 aromatic carbocycles. The molecular formula is C10H17ClF2N2O. The molecule has 6 heteroatoms. The van der Waals surface area contributed by atoms with E-state index in [4.69, 9.17) is 5.73 Å². The minimum Gasteiger partial charge on any atom is -0.338 e. The van der Waals surface area contributed by atoms with Crippen LogP contribution in [-0.4, -0.2) is 35.9 Å². The Bertz CT molecular complexity index is 268. The van der Waals surface area contributed by atoms with Gasteiger partial charge in [-0.2, -0.15) is 0 Å². The highest BCUT2D eigenvalue weighted by Crippen LogP contribution is 2.43. The summed E-state index contributed by atoms with van der Waals surface area (Å²) in [6.45, 7) is 1.12. The number of nitrogens with two attached hydrogens (primary N) is 1. The highest BCUT2D eigenvalue weighted by atomic mass is 35.5. The zero-order valence-corrected chi connectivity index (χ0v) is 9.81. The highest BCUT2D eigenvalue weighted by Gasteiger charge is 2.50. The molecule has 1 aliphatic heterocycles. The SMILES string of the molecule is Cl.NCC1CCCN1C(=O)C1CC(F)(F)C1. The third-order valence-electron chi connectivity index (χ3n) is 3.37. The van der Waals surface area contributed by atoms with E-state index < -0.39 is 11.8 Å². The zero-order chi connectivity index (χ0) is 11.1. The van der Waals surface area contributed by atoms with Crippen molar-refractivity contribution >= 4 is 18.3 Å². The molecule has 0 radical (unpaired) electrons. The first kappa shape index (κ1) is 13.6. The largest absolute Gasteiger partial charge is 0.338 e. The number of alkyl halides is 2. The van der Waals surface area contributed by atoms with Crippen molar-refractivity contribution in [2.24, 2.45) is 11.7 Å². The molecule has 1 saturated carbocycles. The topological polar surface area (TPSA) is 46.3 Å². The van der Waals surface area contributed by atoms with Crippen LogP contribution >= 0.6 is 12.4 Å². The Hall–Kier alpha value is -0.420. The fraction of sp³-hybridized carbons (Fsp3) is 0.900. The van der Waals surface area contributed by atoms with Crippen LogP contribution in [0.3, 0.4) is 0 Å². The lowest BCUT2D eigenvalue weighted by Gasteiger charge is -2.37. The second-order valence-corrected chi connectivity index (χ2v) is 4.52. The number of hydrogen-bond acceptors (Lipinski definition) is 2. The lowest BCUT2D eigenvalue weighted by molar-refractivity contribution is -0.160. The molecule has 3 nitrogen and oxygen atoms in total. The Balaban J connectivity index is 0.00000128. The van der Waals surface area contributed by atoms with Gasteiger partial charge in [0.05, 0.1) is 0 Å². The molecule has 0 bridgehead atoms. The molecule has 0 aromatic rings. The molecule has 2 aliphatic rings. The molecule has 2 fully saturated rings. The van der Waals surface area contributed by atoms with E-state index in [1.165, 1.54) is 0 Å². The molecule has 1 atom stereocenters. The molecular weight excluding hydrogens is 238 g/mol. The summed E-state index contributed by atoms with van der Waals surface area (Å²) in [5, 5.41) is 0. The summed E-state index contributed by atoms with van der Waals surface area (Å²) in [4.78, 5) is 13.5. The summed E-state index contributed by atoms with van der Waals surface area (Å²) >= 11 is 0. The Kier molecular flexibility index (Phi) is 4.12. The average molecular weight is 255 g/mol. The first-order valence-electron chi connectivity index (χ1n) is 5.42. The standard InChI is InChI=1S/C10H16F2N2O.ClH/c11-10(12)4-7(5-10)9(15)14-3-1-2-8(14)6-13;/h7-8H,1-6,13H2;1H. The predicted octanol–water partition coefficient (Wildman–Crippen LogP) is 1.40. The molecule has 16 heavy (non-hydrogen) atoms. The van der Waals surface area contributed by atoms with Crippen molar-refractivity contribution in [3.8, 4) is 0 Å². The lowest BCUT2D eigenvalue weighted by Crippen LogP contribution is -2.49. The van der Waals surface area contributed by atoms with Crippen LogP contribution in [0.5, 0.6) is 0 Å². The smallest absolute Gasteiger partial charge is 0.249 e. The number of carbonyl (C=O) groups is 1. The van der Waals surface area contributed by atoms with E-state index >= 15 is 0 Å². The number of rotatable bonds is 2. The summed E-state index contributed by atoms with van der Waals surface area (Å²) in [6, 6.07) is 0.0757. The van der Waals surface area contributed by atoms with E-state index in [0.29, 0.717) is 13.1 Å². The fourth-order valence-corrected chi connectivity index (χ4v) is 2.44. The minimum atomic E-state index is -2.61. The van der Waals surface area contributed by atoms with Crippen LogP contribution in [0.2, 0.25) is 0 Å². The van der Waals surface area contributed by atoms with Gasteiger partial charge in [-0.15, -0.1) is 12.4 Å². The third-order valence-corrected chi connectivity index (χ3v) is 3.37. The van der Waals surface area contributed by atoms with Crippen LogP contribution in [0.4, 0.5) is 8.78 Å². The van der Waals surface area contributed by atoms with Gasteiger partial charge >= 0.3 is 0 Å². The molecule has 2 N–H and O–H groups in total. The zero-order valence-electron chi connectivity index (χ0n) is 8.99. The summed E-state index contributed by atoms with van der Waals surface area (Å²) in [7, 11) is 0. The normalized spacial score (nSPS) is 28.4. The Morgan fingerprint density at radius 1 is 1.44 bits per heavy atom. The highest BCUT2D eigenvalue weighted by molar-refractivity contribution is 5.85. The molecule has 1 heterocycles. The number of nitrogens with zero attached hydrogens (tertiary/aromatic N) is 1. The lowest BCUT2D eigenvalue weighted by atomic mass is 9.80. The molecule has 1 unspecified atom stereocenters. The van der Waals surface area contributed by atoms with Crippen molar-refractivity contribution in [3.63, 3.8) is 0 Å².